The third-order valence-corrected chi connectivity index (χ3v) is 6.62. The van der Waals surface area contributed by atoms with Crippen molar-refractivity contribution < 1.29 is 9.53 Å². The number of hydrogen-bond acceptors (Lipinski definition) is 4. The van der Waals surface area contributed by atoms with Crippen LogP contribution in [0, 0.1) is 5.92 Å². The van der Waals surface area contributed by atoms with E-state index in [1.807, 2.05) is 61.0 Å². The minimum Gasteiger partial charge on any atom is -0.378 e. The second kappa shape index (κ2) is 10.6. The number of aliphatic imine (C=N–C) groups is 1. The first-order chi connectivity index (χ1) is 15.7. The number of benzene rings is 1. The number of piperidine rings is 1. The van der Waals surface area contributed by atoms with E-state index in [4.69, 9.17) is 4.74 Å². The minimum absolute atomic E-state index is 0.144. The number of carbonyl (C=O) groups is 1. The number of carbonyl (C=O) groups excluding carboxylic acids is 1. The van der Waals surface area contributed by atoms with Crippen LogP contribution in [0.3, 0.4) is 0 Å². The molecule has 1 N–H and O–H groups in total. The summed E-state index contributed by atoms with van der Waals surface area (Å²) < 4.78 is 7.63. The Kier molecular flexibility index (Phi) is 7.42. The van der Waals surface area contributed by atoms with Gasteiger partial charge in [0.25, 0.3) is 0 Å². The summed E-state index contributed by atoms with van der Waals surface area (Å²) in [4.78, 5) is 26.4. The van der Waals surface area contributed by atoms with Gasteiger partial charge in [-0.25, -0.2) is 4.98 Å². The molecule has 2 saturated heterocycles. The van der Waals surface area contributed by atoms with Crippen molar-refractivity contribution in [3.8, 4) is 0 Å². The number of nitrogens with one attached hydrogen (secondary N) is 1. The van der Waals surface area contributed by atoms with Crippen molar-refractivity contribution in [3.05, 3.63) is 54.6 Å². The van der Waals surface area contributed by atoms with E-state index in [9.17, 15) is 4.79 Å². The lowest BCUT2D eigenvalue weighted by Gasteiger charge is -2.39. The van der Waals surface area contributed by atoms with Gasteiger partial charge >= 0.3 is 0 Å². The Morgan fingerprint density at radius 2 is 2.00 bits per heavy atom. The number of likely N-dealkylation sites (tertiary alicyclic amines) is 1. The van der Waals surface area contributed by atoms with Crippen LogP contribution in [0.15, 0.2) is 54.0 Å². The quantitative estimate of drug-likeness (QED) is 0.571. The van der Waals surface area contributed by atoms with Crippen molar-refractivity contribution in [1.29, 1.82) is 0 Å². The Hall–Kier alpha value is -2.87. The number of hydrogen-bond donors (Lipinski definition) is 1. The summed E-state index contributed by atoms with van der Waals surface area (Å²) in [7, 11) is 1.81. The second-order valence-electron chi connectivity index (χ2n) is 8.62. The summed E-state index contributed by atoms with van der Waals surface area (Å²) >= 11 is 0. The van der Waals surface area contributed by atoms with Gasteiger partial charge in [-0.3, -0.25) is 9.79 Å². The molecule has 32 heavy (non-hydrogen) atoms. The van der Waals surface area contributed by atoms with Crippen LogP contribution < -0.4 is 5.32 Å². The Balaban J connectivity index is 1.45. The number of ether oxygens (including phenoxy) is 1. The molecule has 4 rings (SSSR count). The largest absolute Gasteiger partial charge is 0.378 e. The van der Waals surface area contributed by atoms with Crippen molar-refractivity contribution in [1.82, 2.24) is 24.7 Å². The Bertz CT molecular complexity index is 879. The first kappa shape index (κ1) is 22.3. The average Bonchev–Trinajstić information content (AvgIpc) is 3.38. The van der Waals surface area contributed by atoms with Crippen LogP contribution in [0.2, 0.25) is 0 Å². The van der Waals surface area contributed by atoms with Crippen molar-refractivity contribution in [2.45, 2.75) is 25.3 Å². The van der Waals surface area contributed by atoms with Crippen LogP contribution in [-0.2, 0) is 9.53 Å². The molecule has 8 nitrogen and oxygen atoms in total. The van der Waals surface area contributed by atoms with Gasteiger partial charge in [-0.1, -0.05) is 37.3 Å². The fourth-order valence-electron chi connectivity index (χ4n) is 4.66. The normalized spacial score (nSPS) is 23.1. The molecule has 3 unspecified atom stereocenters. The summed E-state index contributed by atoms with van der Waals surface area (Å²) in [5.74, 6) is 1.29. The fraction of sp³-hybridized carbons (Fsp3) is 0.542. The number of amides is 1. The standard InChI is InChI=1S/C24H34N6O2/c1-19-8-10-29(17-22(19)30-11-9-26-18-30)24(25-2)27-16-21(20-6-4-3-5-7-20)23(31)28-12-14-32-15-13-28/h3-7,9,11,18-19,21-22H,8,10,12-17H2,1-2H3,(H,25,27). The summed E-state index contributed by atoms with van der Waals surface area (Å²) in [6.45, 7) is 7.11. The summed E-state index contributed by atoms with van der Waals surface area (Å²) in [6, 6.07) is 10.4. The van der Waals surface area contributed by atoms with Crippen LogP contribution in [0.1, 0.15) is 30.9 Å². The predicted molar refractivity (Wildman–Crippen MR) is 125 cm³/mol. The summed E-state index contributed by atoms with van der Waals surface area (Å²) in [5, 5.41) is 3.51. The third-order valence-electron chi connectivity index (χ3n) is 6.62. The molecule has 0 spiro atoms. The van der Waals surface area contributed by atoms with E-state index in [2.05, 4.69) is 31.7 Å². The highest BCUT2D eigenvalue weighted by Crippen LogP contribution is 2.27. The predicted octanol–water partition coefficient (Wildman–Crippen LogP) is 1.98. The Morgan fingerprint density at radius 1 is 1.22 bits per heavy atom. The zero-order valence-electron chi connectivity index (χ0n) is 19.1. The monoisotopic (exact) mass is 438 g/mol. The Labute approximate surface area is 190 Å². The van der Waals surface area contributed by atoms with E-state index in [0.717, 1.165) is 31.0 Å². The molecule has 1 amide bonds. The molecule has 0 aliphatic carbocycles. The highest BCUT2D eigenvalue weighted by molar-refractivity contribution is 5.86. The number of aromatic nitrogens is 2. The highest BCUT2D eigenvalue weighted by Gasteiger charge is 2.31. The molecule has 2 aliphatic heterocycles. The lowest BCUT2D eigenvalue weighted by Crippen LogP contribution is -2.51. The number of guanidine groups is 1. The zero-order chi connectivity index (χ0) is 22.3. The third kappa shape index (κ3) is 5.12. The van der Waals surface area contributed by atoms with Gasteiger partial charge in [-0.05, 0) is 17.9 Å². The molecule has 2 aliphatic rings. The molecule has 172 valence electrons. The van der Waals surface area contributed by atoms with Crippen LogP contribution in [-0.4, -0.2) is 84.2 Å². The first-order valence-corrected chi connectivity index (χ1v) is 11.5. The van der Waals surface area contributed by atoms with Gasteiger partial charge < -0.3 is 24.4 Å². The van der Waals surface area contributed by atoms with Crippen molar-refractivity contribution in [3.63, 3.8) is 0 Å². The van der Waals surface area contributed by atoms with E-state index < -0.39 is 0 Å². The van der Waals surface area contributed by atoms with E-state index in [1.54, 1.807) is 0 Å². The maximum absolute atomic E-state index is 13.4. The smallest absolute Gasteiger partial charge is 0.232 e. The van der Waals surface area contributed by atoms with Gasteiger partial charge in [0.05, 0.1) is 31.5 Å². The maximum atomic E-state index is 13.4. The van der Waals surface area contributed by atoms with Crippen molar-refractivity contribution in [2.75, 3.05) is 53.0 Å². The molecule has 3 heterocycles. The molecule has 2 fully saturated rings. The molecule has 1 aromatic heterocycles. The van der Waals surface area contributed by atoms with Crippen molar-refractivity contribution in [2.24, 2.45) is 10.9 Å². The van der Waals surface area contributed by atoms with Crippen LogP contribution in [0.25, 0.3) is 0 Å². The lowest BCUT2D eigenvalue weighted by atomic mass is 9.93. The highest BCUT2D eigenvalue weighted by atomic mass is 16.5. The van der Waals surface area contributed by atoms with E-state index in [-0.39, 0.29) is 11.8 Å². The molecular weight excluding hydrogens is 404 g/mol. The topological polar surface area (TPSA) is 75.0 Å². The molecule has 0 radical (unpaired) electrons. The van der Waals surface area contributed by atoms with E-state index in [1.165, 1.54) is 0 Å². The average molecular weight is 439 g/mol. The van der Waals surface area contributed by atoms with Gasteiger partial charge in [0.1, 0.15) is 0 Å². The molecule has 2 aromatic rings. The zero-order valence-corrected chi connectivity index (χ0v) is 19.1. The van der Waals surface area contributed by atoms with E-state index in [0.29, 0.717) is 44.8 Å². The molecule has 3 atom stereocenters. The van der Waals surface area contributed by atoms with Crippen LogP contribution in [0.5, 0.6) is 0 Å². The summed E-state index contributed by atoms with van der Waals surface area (Å²) in [5.41, 5.74) is 1.02. The first-order valence-electron chi connectivity index (χ1n) is 11.5. The van der Waals surface area contributed by atoms with Gasteiger partial charge in [-0.15, -0.1) is 0 Å². The lowest BCUT2D eigenvalue weighted by molar-refractivity contribution is -0.136. The van der Waals surface area contributed by atoms with Gasteiger partial charge in [-0.2, -0.15) is 0 Å². The van der Waals surface area contributed by atoms with Gasteiger partial charge in [0.2, 0.25) is 5.91 Å². The number of morpholine rings is 1. The van der Waals surface area contributed by atoms with Crippen molar-refractivity contribution >= 4 is 11.9 Å². The molecular formula is C24H34N6O2. The second-order valence-corrected chi connectivity index (χ2v) is 8.62. The fourth-order valence-corrected chi connectivity index (χ4v) is 4.66. The molecule has 1 aromatic carbocycles. The number of rotatable bonds is 5. The van der Waals surface area contributed by atoms with Crippen LogP contribution in [0.4, 0.5) is 0 Å². The minimum atomic E-state index is -0.265. The molecule has 8 heteroatoms. The number of nitrogens with zero attached hydrogens (tertiary/aromatic N) is 5. The maximum Gasteiger partial charge on any atom is 0.232 e. The molecule has 0 bridgehead atoms. The SMILES string of the molecule is CN=C(NCC(C(=O)N1CCOCC1)c1ccccc1)N1CCC(C)C(n2ccnc2)C1. The van der Waals surface area contributed by atoms with Crippen LogP contribution >= 0.6 is 0 Å². The van der Waals surface area contributed by atoms with E-state index >= 15 is 0 Å². The number of imidazole rings is 1. The van der Waals surface area contributed by atoms with Gasteiger partial charge in [0.15, 0.2) is 5.96 Å². The van der Waals surface area contributed by atoms with Gasteiger partial charge in [0, 0.05) is 52.2 Å². The Morgan fingerprint density at radius 3 is 2.69 bits per heavy atom. The molecule has 0 saturated carbocycles. The summed E-state index contributed by atoms with van der Waals surface area (Å²) in [6.07, 6.45) is 6.85.